The topological polar surface area (TPSA) is 58.3 Å². The molecule has 5 nitrogen and oxygen atoms in total. The predicted molar refractivity (Wildman–Crippen MR) is 85.8 cm³/mol. The molecule has 0 amide bonds. The fourth-order valence-corrected chi connectivity index (χ4v) is 2.76. The molecular weight excluding hydrogens is 274 g/mol. The van der Waals surface area contributed by atoms with Gasteiger partial charge in [0.25, 0.3) is 0 Å². The minimum absolute atomic E-state index is 0.559. The predicted octanol–water partition coefficient (Wildman–Crippen LogP) is 3.98. The summed E-state index contributed by atoms with van der Waals surface area (Å²) < 4.78 is 1.93. The third-order valence-corrected chi connectivity index (χ3v) is 3.84. The lowest BCUT2D eigenvalue weighted by Crippen LogP contribution is -1.98. The first-order valence-corrected chi connectivity index (χ1v) is 7.41. The second-order valence-corrected chi connectivity index (χ2v) is 5.50. The Balaban J connectivity index is 2.10. The molecule has 2 aromatic heterocycles. The summed E-state index contributed by atoms with van der Waals surface area (Å²) in [5.41, 5.74) is 6.99. The zero-order chi connectivity index (χ0) is 15.7. The van der Waals surface area contributed by atoms with E-state index >= 15 is 0 Å². The van der Waals surface area contributed by atoms with Crippen molar-refractivity contribution < 1.29 is 0 Å². The third kappa shape index (κ3) is 2.44. The van der Waals surface area contributed by atoms with Gasteiger partial charge in [0.2, 0.25) is 5.39 Å². The van der Waals surface area contributed by atoms with E-state index in [9.17, 15) is 0 Å². The van der Waals surface area contributed by atoms with Crippen molar-refractivity contribution >= 4 is 11.3 Å². The Morgan fingerprint density at radius 2 is 1.91 bits per heavy atom. The van der Waals surface area contributed by atoms with Gasteiger partial charge in [0.15, 0.2) is 10.6 Å². The van der Waals surface area contributed by atoms with Gasteiger partial charge >= 0.3 is 5.69 Å². The maximum Gasteiger partial charge on any atom is 0.385 e. The minimum atomic E-state index is 0.559. The molecular formula is C17H18N5+. The summed E-state index contributed by atoms with van der Waals surface area (Å²) in [7, 11) is 0. The summed E-state index contributed by atoms with van der Waals surface area (Å²) >= 11 is 0. The van der Waals surface area contributed by atoms with Crippen molar-refractivity contribution in [2.75, 3.05) is 0 Å². The Kier molecular flexibility index (Phi) is 3.60. The number of nitrogens with zero attached hydrogens (tertiary/aromatic N) is 5. The second kappa shape index (κ2) is 5.57. The van der Waals surface area contributed by atoms with Gasteiger partial charge in [-0.05, 0) is 31.9 Å². The van der Waals surface area contributed by atoms with Gasteiger partial charge in [0, 0.05) is 35.5 Å². The normalized spacial score (nSPS) is 10.8. The van der Waals surface area contributed by atoms with Crippen molar-refractivity contribution in [2.45, 2.75) is 33.6 Å². The van der Waals surface area contributed by atoms with Crippen molar-refractivity contribution in [3.05, 3.63) is 63.5 Å². The van der Waals surface area contributed by atoms with Gasteiger partial charge in [0.05, 0.1) is 5.69 Å². The second-order valence-electron chi connectivity index (χ2n) is 5.50. The van der Waals surface area contributed by atoms with Crippen molar-refractivity contribution in [2.24, 2.45) is 0 Å². The highest BCUT2D eigenvalue weighted by atomic mass is 15.3. The molecule has 0 aliphatic carbocycles. The molecule has 3 rings (SSSR count). The van der Waals surface area contributed by atoms with Crippen LogP contribution in [-0.2, 0) is 12.8 Å². The molecule has 0 atom stereocenters. The van der Waals surface area contributed by atoms with E-state index < -0.39 is 0 Å². The number of aryl methyl sites for hydroxylation is 3. The fraction of sp³-hybridized carbons (Fsp3) is 0.294. The van der Waals surface area contributed by atoms with Gasteiger partial charge in [-0.15, -0.1) is 0 Å². The average Bonchev–Trinajstić information content (AvgIpc) is 2.86. The van der Waals surface area contributed by atoms with Crippen LogP contribution < -0.4 is 0 Å². The smallest absolute Gasteiger partial charge is 0.234 e. The Morgan fingerprint density at radius 3 is 2.55 bits per heavy atom. The first-order chi connectivity index (χ1) is 10.6. The molecule has 1 aromatic carbocycles. The lowest BCUT2D eigenvalue weighted by Gasteiger charge is -2.03. The van der Waals surface area contributed by atoms with Crippen molar-refractivity contribution in [3.63, 3.8) is 0 Å². The van der Waals surface area contributed by atoms with Crippen LogP contribution in [0.25, 0.3) is 10.6 Å². The molecule has 0 N–H and O–H groups in total. The molecule has 0 spiro atoms. The number of fused-ring (bicyclic) bond motifs is 1. The monoisotopic (exact) mass is 292 g/mol. The highest BCUT2D eigenvalue weighted by molar-refractivity contribution is 5.54. The molecule has 0 radical (unpaired) electrons. The number of hydrogen-bond acceptors (Lipinski definition) is 3. The van der Waals surface area contributed by atoms with Gasteiger partial charge in [0.1, 0.15) is 0 Å². The molecule has 0 saturated carbocycles. The van der Waals surface area contributed by atoms with Crippen LogP contribution in [0.5, 0.6) is 0 Å². The Hall–Kier alpha value is -2.74. The quantitative estimate of drug-likeness (QED) is 0.686. The summed E-state index contributed by atoms with van der Waals surface area (Å²) in [6.07, 6.45) is 1.65. The van der Waals surface area contributed by atoms with Crippen LogP contribution in [0.1, 0.15) is 35.1 Å². The van der Waals surface area contributed by atoms with Crippen LogP contribution in [0.2, 0.25) is 0 Å². The molecule has 0 unspecified atom stereocenters. The molecule has 110 valence electrons. The van der Waals surface area contributed by atoms with E-state index in [1.165, 1.54) is 5.56 Å². The van der Waals surface area contributed by atoms with Crippen LogP contribution >= 0.6 is 0 Å². The Labute approximate surface area is 129 Å². The highest BCUT2D eigenvalue weighted by Crippen LogP contribution is 2.22. The van der Waals surface area contributed by atoms with Crippen LogP contribution in [0, 0.1) is 19.2 Å². The first-order valence-electron chi connectivity index (χ1n) is 7.41. The standard InChI is InChI=1S/C17H18N5/c1-4-16-15(10-13-5-7-14(20-18)8-6-13)17-19-11(2)9-12(3)22(17)21-16/h5-9H,4,10H2,1-3H3/q+1. The fourth-order valence-electron chi connectivity index (χ4n) is 2.76. The molecule has 0 fully saturated rings. The lowest BCUT2D eigenvalue weighted by molar-refractivity contribution is 0.849. The Morgan fingerprint density at radius 1 is 1.18 bits per heavy atom. The van der Waals surface area contributed by atoms with Gasteiger partial charge in [-0.1, -0.05) is 19.1 Å². The lowest BCUT2D eigenvalue weighted by atomic mass is 10.0. The summed E-state index contributed by atoms with van der Waals surface area (Å²) in [5, 5.41) is 13.5. The van der Waals surface area contributed by atoms with Gasteiger partial charge < -0.3 is 0 Å². The number of rotatable bonds is 3. The SMILES string of the molecule is CCc1nn2c(C)cc(C)nc2c1Cc1ccc([N+]#N)cc1. The van der Waals surface area contributed by atoms with Crippen LogP contribution in [0.15, 0.2) is 30.3 Å². The van der Waals surface area contributed by atoms with Crippen LogP contribution in [0.4, 0.5) is 5.69 Å². The molecule has 5 heteroatoms. The summed E-state index contributed by atoms with van der Waals surface area (Å²) in [6.45, 7) is 6.17. The average molecular weight is 292 g/mol. The maximum absolute atomic E-state index is 8.77. The first kappa shape index (κ1) is 14.2. The maximum atomic E-state index is 8.77. The molecule has 0 bridgehead atoms. The molecule has 0 saturated heterocycles. The van der Waals surface area contributed by atoms with Crippen molar-refractivity contribution in [3.8, 4) is 0 Å². The molecule has 2 heterocycles. The van der Waals surface area contributed by atoms with E-state index in [4.69, 9.17) is 10.5 Å². The Bertz CT molecular complexity index is 869. The van der Waals surface area contributed by atoms with Crippen molar-refractivity contribution in [1.29, 1.82) is 5.39 Å². The minimum Gasteiger partial charge on any atom is -0.234 e. The number of diazo groups is 1. The zero-order valence-electron chi connectivity index (χ0n) is 13.0. The van der Waals surface area contributed by atoms with E-state index in [0.717, 1.165) is 41.1 Å². The summed E-state index contributed by atoms with van der Waals surface area (Å²) in [5.74, 6) is 0. The van der Waals surface area contributed by atoms with Gasteiger partial charge in [-0.2, -0.15) is 5.10 Å². The van der Waals surface area contributed by atoms with Gasteiger partial charge in [-0.3, -0.25) is 0 Å². The van der Waals surface area contributed by atoms with E-state index in [-0.39, 0.29) is 0 Å². The van der Waals surface area contributed by atoms with Crippen LogP contribution in [-0.4, -0.2) is 14.6 Å². The zero-order valence-corrected chi connectivity index (χ0v) is 13.0. The van der Waals surface area contributed by atoms with Gasteiger partial charge in [-0.25, -0.2) is 9.50 Å². The van der Waals surface area contributed by atoms with E-state index in [0.29, 0.717) is 5.69 Å². The summed E-state index contributed by atoms with van der Waals surface area (Å²) in [6, 6.07) is 9.59. The van der Waals surface area contributed by atoms with Crippen molar-refractivity contribution in [1.82, 2.24) is 14.6 Å². The van der Waals surface area contributed by atoms with Crippen LogP contribution in [0.3, 0.4) is 0 Å². The molecule has 3 aromatic rings. The van der Waals surface area contributed by atoms with E-state index in [1.807, 2.05) is 29.6 Å². The molecule has 22 heavy (non-hydrogen) atoms. The molecule has 0 aliphatic rings. The number of benzene rings is 1. The number of hydrogen-bond donors (Lipinski definition) is 0. The third-order valence-electron chi connectivity index (χ3n) is 3.84. The number of aromatic nitrogens is 3. The highest BCUT2D eigenvalue weighted by Gasteiger charge is 2.15. The van der Waals surface area contributed by atoms with E-state index in [2.05, 4.69) is 23.8 Å². The van der Waals surface area contributed by atoms with E-state index in [1.54, 1.807) is 12.1 Å². The molecule has 0 aliphatic heterocycles. The summed E-state index contributed by atoms with van der Waals surface area (Å²) in [4.78, 5) is 7.86. The largest absolute Gasteiger partial charge is 0.385 e.